The lowest BCUT2D eigenvalue weighted by Gasteiger charge is -2.10. The number of nitrogens with two attached hydrogens (primary N) is 1. The van der Waals surface area contributed by atoms with Gasteiger partial charge in [-0.1, -0.05) is 28.1 Å². The summed E-state index contributed by atoms with van der Waals surface area (Å²) in [6.45, 7) is 0. The van der Waals surface area contributed by atoms with E-state index in [9.17, 15) is 4.79 Å². The average Bonchev–Trinajstić information content (AvgIpc) is 3.04. The number of amides is 1. The van der Waals surface area contributed by atoms with Gasteiger partial charge < -0.3 is 11.1 Å². The first kappa shape index (κ1) is 12.5. The van der Waals surface area contributed by atoms with Crippen LogP contribution in [-0.2, 0) is 4.79 Å². The van der Waals surface area contributed by atoms with E-state index < -0.39 is 0 Å². The van der Waals surface area contributed by atoms with Gasteiger partial charge in [0, 0.05) is 16.5 Å². The van der Waals surface area contributed by atoms with Gasteiger partial charge in [0.2, 0.25) is 5.91 Å². The van der Waals surface area contributed by atoms with Crippen LogP contribution in [0.1, 0.15) is 24.8 Å². The molecule has 3 nitrogen and oxygen atoms in total. The predicted octanol–water partition coefficient (Wildman–Crippen LogP) is 2.82. The molecule has 0 bridgehead atoms. The highest BCUT2D eigenvalue weighted by Crippen LogP contribution is 2.32. The molecule has 17 heavy (non-hydrogen) atoms. The second-order valence-electron chi connectivity index (χ2n) is 4.25. The van der Waals surface area contributed by atoms with Crippen LogP contribution in [0.4, 0.5) is 5.69 Å². The highest BCUT2D eigenvalue weighted by Gasteiger charge is 2.24. The molecule has 1 aliphatic rings. The highest BCUT2D eigenvalue weighted by atomic mass is 79.9. The second-order valence-corrected chi connectivity index (χ2v) is 5.61. The van der Waals surface area contributed by atoms with E-state index in [0.717, 1.165) is 17.3 Å². The Labute approximate surface area is 114 Å². The number of hydrogen-bond donors (Lipinski definition) is 2. The maximum absolute atomic E-state index is 11.7. The molecule has 1 saturated carbocycles. The standard InChI is InChI=1S/C12H13BrN2OS/c13-8-3-4-10(9(6-8)12(14)17)15-11(16)5-7-1-2-7/h3-4,6-7H,1-2,5H2,(H2,14,17)(H,15,16). The largest absolute Gasteiger partial charge is 0.389 e. The molecule has 3 N–H and O–H groups in total. The molecule has 90 valence electrons. The van der Waals surface area contributed by atoms with Crippen molar-refractivity contribution in [1.82, 2.24) is 0 Å². The summed E-state index contributed by atoms with van der Waals surface area (Å²) in [6.07, 6.45) is 2.92. The van der Waals surface area contributed by atoms with Crippen LogP contribution in [0.25, 0.3) is 0 Å². The van der Waals surface area contributed by atoms with Crippen LogP contribution in [0, 0.1) is 5.92 Å². The van der Waals surface area contributed by atoms with E-state index in [4.69, 9.17) is 18.0 Å². The Balaban J connectivity index is 2.13. The van der Waals surface area contributed by atoms with Crippen molar-refractivity contribution in [3.8, 4) is 0 Å². The zero-order chi connectivity index (χ0) is 12.4. The average molecular weight is 313 g/mol. The lowest BCUT2D eigenvalue weighted by Crippen LogP contribution is -2.17. The van der Waals surface area contributed by atoms with E-state index in [0.29, 0.717) is 23.6 Å². The van der Waals surface area contributed by atoms with Crippen LogP contribution < -0.4 is 11.1 Å². The smallest absolute Gasteiger partial charge is 0.224 e. The summed E-state index contributed by atoms with van der Waals surface area (Å²) in [7, 11) is 0. The van der Waals surface area contributed by atoms with Gasteiger partial charge in [-0.15, -0.1) is 0 Å². The van der Waals surface area contributed by atoms with Crippen LogP contribution in [0.5, 0.6) is 0 Å². The van der Waals surface area contributed by atoms with Crippen molar-refractivity contribution in [2.45, 2.75) is 19.3 Å². The van der Waals surface area contributed by atoms with Crippen molar-refractivity contribution in [1.29, 1.82) is 0 Å². The minimum absolute atomic E-state index is 0.0346. The maximum Gasteiger partial charge on any atom is 0.224 e. The summed E-state index contributed by atoms with van der Waals surface area (Å²) in [5, 5.41) is 2.86. The van der Waals surface area contributed by atoms with Crippen LogP contribution in [0.2, 0.25) is 0 Å². The zero-order valence-corrected chi connectivity index (χ0v) is 11.6. The van der Waals surface area contributed by atoms with Crippen molar-refractivity contribution in [3.63, 3.8) is 0 Å². The molecule has 1 amide bonds. The Morgan fingerprint density at radius 3 is 2.82 bits per heavy atom. The van der Waals surface area contributed by atoms with Crippen LogP contribution in [0.3, 0.4) is 0 Å². The Morgan fingerprint density at radius 2 is 2.24 bits per heavy atom. The Morgan fingerprint density at radius 1 is 1.53 bits per heavy atom. The van der Waals surface area contributed by atoms with Crippen molar-refractivity contribution < 1.29 is 4.79 Å². The normalized spacial score (nSPS) is 14.4. The number of halogens is 1. The van der Waals surface area contributed by atoms with E-state index in [1.807, 2.05) is 18.2 Å². The molecule has 0 aliphatic heterocycles. The molecule has 0 atom stereocenters. The fourth-order valence-corrected chi connectivity index (χ4v) is 2.14. The van der Waals surface area contributed by atoms with Crippen molar-refractivity contribution in [2.75, 3.05) is 5.32 Å². The first-order chi connectivity index (χ1) is 8.06. The third-order valence-corrected chi connectivity index (χ3v) is 3.41. The molecule has 0 aromatic heterocycles. The van der Waals surface area contributed by atoms with E-state index >= 15 is 0 Å². The molecule has 1 aromatic rings. The molecule has 1 aliphatic carbocycles. The van der Waals surface area contributed by atoms with Gasteiger partial charge in [0.05, 0.1) is 5.69 Å². The number of carbonyl (C=O) groups excluding carboxylic acids is 1. The van der Waals surface area contributed by atoms with Crippen LogP contribution in [-0.4, -0.2) is 10.9 Å². The third kappa shape index (κ3) is 3.51. The number of nitrogens with one attached hydrogen (secondary N) is 1. The molecule has 5 heteroatoms. The van der Waals surface area contributed by atoms with E-state index in [-0.39, 0.29) is 10.9 Å². The van der Waals surface area contributed by atoms with Gasteiger partial charge in [-0.25, -0.2) is 0 Å². The van der Waals surface area contributed by atoms with Gasteiger partial charge >= 0.3 is 0 Å². The van der Waals surface area contributed by atoms with Crippen LogP contribution in [0.15, 0.2) is 22.7 Å². The van der Waals surface area contributed by atoms with Gasteiger partial charge in [0.15, 0.2) is 0 Å². The molecular weight excluding hydrogens is 300 g/mol. The summed E-state index contributed by atoms with van der Waals surface area (Å²) in [5.41, 5.74) is 7.01. The van der Waals surface area contributed by atoms with Crippen molar-refractivity contribution >= 4 is 44.7 Å². The quantitative estimate of drug-likeness (QED) is 0.841. The first-order valence-corrected chi connectivity index (χ1v) is 6.65. The minimum Gasteiger partial charge on any atom is -0.389 e. The molecule has 0 radical (unpaired) electrons. The Hall–Kier alpha value is -0.940. The molecule has 0 unspecified atom stereocenters. The molecule has 0 saturated heterocycles. The van der Waals surface area contributed by atoms with E-state index in [1.165, 1.54) is 0 Å². The molecule has 1 fully saturated rings. The number of anilines is 1. The number of hydrogen-bond acceptors (Lipinski definition) is 2. The van der Waals surface area contributed by atoms with Crippen LogP contribution >= 0.6 is 28.1 Å². The minimum atomic E-state index is 0.0346. The number of carbonyl (C=O) groups is 1. The SMILES string of the molecule is NC(=S)c1cc(Br)ccc1NC(=O)CC1CC1. The number of benzene rings is 1. The molecule has 0 spiro atoms. The molecule has 1 aromatic carbocycles. The summed E-state index contributed by atoms with van der Waals surface area (Å²) in [4.78, 5) is 12.0. The first-order valence-electron chi connectivity index (χ1n) is 5.45. The topological polar surface area (TPSA) is 55.1 Å². The monoisotopic (exact) mass is 312 g/mol. The van der Waals surface area contributed by atoms with Gasteiger partial charge in [0.25, 0.3) is 0 Å². The Bertz CT molecular complexity index is 472. The summed E-state index contributed by atoms with van der Waals surface area (Å²) in [5.74, 6) is 0.603. The number of thiocarbonyl (C=S) groups is 1. The highest BCUT2D eigenvalue weighted by molar-refractivity contribution is 9.10. The molecule has 0 heterocycles. The fraction of sp³-hybridized carbons (Fsp3) is 0.333. The lowest BCUT2D eigenvalue weighted by molar-refractivity contribution is -0.116. The van der Waals surface area contributed by atoms with E-state index in [2.05, 4.69) is 21.2 Å². The molecule has 2 rings (SSSR count). The summed E-state index contributed by atoms with van der Waals surface area (Å²) >= 11 is 8.32. The fourth-order valence-electron chi connectivity index (χ4n) is 1.61. The van der Waals surface area contributed by atoms with E-state index in [1.54, 1.807) is 0 Å². The lowest BCUT2D eigenvalue weighted by atomic mass is 10.1. The Kier molecular flexibility index (Phi) is 3.79. The molecular formula is C12H13BrN2OS. The van der Waals surface area contributed by atoms with Crippen molar-refractivity contribution in [2.24, 2.45) is 11.7 Å². The second kappa shape index (κ2) is 5.14. The summed E-state index contributed by atoms with van der Waals surface area (Å²) in [6, 6.07) is 5.48. The van der Waals surface area contributed by atoms with Crippen molar-refractivity contribution in [3.05, 3.63) is 28.2 Å². The predicted molar refractivity (Wildman–Crippen MR) is 76.0 cm³/mol. The van der Waals surface area contributed by atoms with Gasteiger partial charge in [-0.3, -0.25) is 4.79 Å². The number of rotatable bonds is 4. The van der Waals surface area contributed by atoms with Gasteiger partial charge in [-0.2, -0.15) is 0 Å². The van der Waals surface area contributed by atoms with Gasteiger partial charge in [-0.05, 0) is 37.0 Å². The zero-order valence-electron chi connectivity index (χ0n) is 9.20. The maximum atomic E-state index is 11.7. The third-order valence-electron chi connectivity index (χ3n) is 2.69. The van der Waals surface area contributed by atoms with Gasteiger partial charge in [0.1, 0.15) is 4.99 Å². The summed E-state index contributed by atoms with van der Waals surface area (Å²) < 4.78 is 0.889.